The highest BCUT2D eigenvalue weighted by atomic mass is 16.7. The number of hydrogen-bond acceptors (Lipinski definition) is 3. The molecule has 0 unspecified atom stereocenters. The topological polar surface area (TPSA) is 64.1 Å². The Kier molecular flexibility index (Phi) is 2.99. The highest BCUT2D eigenvalue weighted by Crippen LogP contribution is 2.02. The molecule has 0 saturated heterocycles. The van der Waals surface area contributed by atoms with Gasteiger partial charge in [0.25, 0.3) is 5.56 Å². The summed E-state index contributed by atoms with van der Waals surface area (Å²) in [6.07, 6.45) is 0. The fraction of sp³-hybridized carbons (Fsp3) is 0.333. The first kappa shape index (κ1) is 11.4. The van der Waals surface area contributed by atoms with Crippen molar-refractivity contribution in [2.75, 3.05) is 6.61 Å². The zero-order chi connectivity index (χ0) is 12.4. The van der Waals surface area contributed by atoms with Crippen LogP contribution in [0.1, 0.15) is 13.8 Å². The number of rotatable bonds is 3. The van der Waals surface area contributed by atoms with E-state index in [0.717, 1.165) is 4.73 Å². The van der Waals surface area contributed by atoms with Crippen LogP contribution in [-0.4, -0.2) is 16.3 Å². The van der Waals surface area contributed by atoms with Crippen LogP contribution in [0.3, 0.4) is 0 Å². The molecule has 0 radical (unpaired) electrons. The van der Waals surface area contributed by atoms with Gasteiger partial charge in [-0.2, -0.15) is 0 Å². The molecule has 0 saturated carbocycles. The number of para-hydroxylation sites is 1. The molecule has 1 N–H and O–H groups in total. The van der Waals surface area contributed by atoms with Crippen LogP contribution < -0.4 is 16.1 Å². The van der Waals surface area contributed by atoms with Gasteiger partial charge in [0.15, 0.2) is 0 Å². The van der Waals surface area contributed by atoms with E-state index in [9.17, 15) is 9.59 Å². The molecule has 0 aliphatic carbocycles. The van der Waals surface area contributed by atoms with Gasteiger partial charge in [-0.1, -0.05) is 30.7 Å². The smallest absolute Gasteiger partial charge is 0.362 e. The van der Waals surface area contributed by atoms with E-state index in [0.29, 0.717) is 17.5 Å². The summed E-state index contributed by atoms with van der Waals surface area (Å²) in [5.74, 6) is 0.243. The van der Waals surface area contributed by atoms with Gasteiger partial charge in [0.1, 0.15) is 6.61 Å². The maximum absolute atomic E-state index is 12.0. The SMILES string of the molecule is CC(C)COn1c(=O)[nH]c2ccccc2c1=O. The van der Waals surface area contributed by atoms with E-state index in [1.807, 2.05) is 13.8 Å². The van der Waals surface area contributed by atoms with Gasteiger partial charge in [0, 0.05) is 0 Å². The summed E-state index contributed by atoms with van der Waals surface area (Å²) in [6, 6.07) is 6.85. The molecular formula is C12H14N2O3. The third-order valence-corrected chi connectivity index (χ3v) is 2.30. The second kappa shape index (κ2) is 4.45. The van der Waals surface area contributed by atoms with Crippen LogP contribution in [-0.2, 0) is 0 Å². The van der Waals surface area contributed by atoms with Crippen molar-refractivity contribution in [3.63, 3.8) is 0 Å². The Morgan fingerprint density at radius 3 is 2.71 bits per heavy atom. The second-order valence-electron chi connectivity index (χ2n) is 4.26. The summed E-state index contributed by atoms with van der Waals surface area (Å²) in [7, 11) is 0. The van der Waals surface area contributed by atoms with Crippen LogP contribution in [0.2, 0.25) is 0 Å². The minimum Gasteiger partial charge on any atom is -0.406 e. The first-order valence-electron chi connectivity index (χ1n) is 5.47. The van der Waals surface area contributed by atoms with Gasteiger partial charge in [0.05, 0.1) is 10.9 Å². The molecule has 2 aromatic rings. The van der Waals surface area contributed by atoms with E-state index < -0.39 is 11.2 Å². The highest BCUT2D eigenvalue weighted by Gasteiger charge is 2.08. The summed E-state index contributed by atoms with van der Waals surface area (Å²) in [5.41, 5.74) is -0.453. The van der Waals surface area contributed by atoms with Crippen molar-refractivity contribution in [2.45, 2.75) is 13.8 Å². The lowest BCUT2D eigenvalue weighted by atomic mass is 10.2. The first-order chi connectivity index (χ1) is 8.09. The van der Waals surface area contributed by atoms with Gasteiger partial charge in [-0.25, -0.2) is 4.79 Å². The van der Waals surface area contributed by atoms with Gasteiger partial charge in [0.2, 0.25) is 0 Å². The standard InChI is InChI=1S/C12H14N2O3/c1-8(2)7-17-14-11(15)9-5-3-4-6-10(9)13-12(14)16/h3-6,8H,7H2,1-2H3,(H,13,16). The van der Waals surface area contributed by atoms with Crippen molar-refractivity contribution in [2.24, 2.45) is 5.92 Å². The van der Waals surface area contributed by atoms with E-state index in [1.54, 1.807) is 24.3 Å². The molecule has 17 heavy (non-hydrogen) atoms. The number of nitrogens with one attached hydrogen (secondary N) is 1. The van der Waals surface area contributed by atoms with E-state index in [-0.39, 0.29) is 5.92 Å². The predicted molar refractivity (Wildman–Crippen MR) is 65.1 cm³/mol. The lowest BCUT2D eigenvalue weighted by molar-refractivity contribution is 0.0734. The third kappa shape index (κ3) is 2.22. The molecule has 0 amide bonds. The quantitative estimate of drug-likeness (QED) is 0.853. The van der Waals surface area contributed by atoms with Crippen molar-refractivity contribution in [3.05, 3.63) is 45.1 Å². The maximum atomic E-state index is 12.0. The van der Waals surface area contributed by atoms with E-state index in [4.69, 9.17) is 4.84 Å². The van der Waals surface area contributed by atoms with Crippen LogP contribution in [0.25, 0.3) is 10.9 Å². The van der Waals surface area contributed by atoms with Crippen LogP contribution in [0.4, 0.5) is 0 Å². The lowest BCUT2D eigenvalue weighted by Gasteiger charge is -2.09. The molecule has 90 valence electrons. The van der Waals surface area contributed by atoms with Crippen molar-refractivity contribution in [1.82, 2.24) is 9.71 Å². The Morgan fingerprint density at radius 2 is 2.00 bits per heavy atom. The molecule has 1 heterocycles. The summed E-state index contributed by atoms with van der Waals surface area (Å²) < 4.78 is 0.780. The molecule has 5 nitrogen and oxygen atoms in total. The molecular weight excluding hydrogens is 220 g/mol. The molecule has 0 aliphatic rings. The van der Waals surface area contributed by atoms with Gasteiger partial charge >= 0.3 is 5.69 Å². The molecule has 0 aliphatic heterocycles. The molecule has 2 rings (SSSR count). The number of aromatic nitrogens is 2. The summed E-state index contributed by atoms with van der Waals surface area (Å²) >= 11 is 0. The zero-order valence-electron chi connectivity index (χ0n) is 9.77. The number of aromatic amines is 1. The lowest BCUT2D eigenvalue weighted by Crippen LogP contribution is -2.40. The fourth-order valence-electron chi connectivity index (χ4n) is 1.49. The molecule has 0 atom stereocenters. The number of benzene rings is 1. The average Bonchev–Trinajstić information content (AvgIpc) is 2.28. The Balaban J connectivity index is 2.56. The fourth-order valence-corrected chi connectivity index (χ4v) is 1.49. The summed E-state index contributed by atoms with van der Waals surface area (Å²) in [6.45, 7) is 4.21. The van der Waals surface area contributed by atoms with E-state index in [1.165, 1.54) is 0 Å². The van der Waals surface area contributed by atoms with Crippen molar-refractivity contribution >= 4 is 10.9 Å². The largest absolute Gasteiger partial charge is 0.406 e. The normalized spacial score (nSPS) is 11.0. The monoisotopic (exact) mass is 234 g/mol. The second-order valence-corrected chi connectivity index (χ2v) is 4.26. The van der Waals surface area contributed by atoms with Crippen LogP contribution >= 0.6 is 0 Å². The maximum Gasteiger partial charge on any atom is 0.362 e. The number of fused-ring (bicyclic) bond motifs is 1. The van der Waals surface area contributed by atoms with Crippen molar-refractivity contribution in [3.8, 4) is 0 Å². The number of hydrogen-bond donors (Lipinski definition) is 1. The Labute approximate surface area is 97.6 Å². The minimum absolute atomic E-state index is 0.243. The van der Waals surface area contributed by atoms with Gasteiger partial charge < -0.3 is 9.82 Å². The Bertz CT molecular complexity index is 640. The number of nitrogens with zero attached hydrogens (tertiary/aromatic N) is 1. The molecule has 0 spiro atoms. The highest BCUT2D eigenvalue weighted by molar-refractivity contribution is 5.76. The van der Waals surface area contributed by atoms with Crippen LogP contribution in [0, 0.1) is 5.92 Å². The van der Waals surface area contributed by atoms with Crippen LogP contribution in [0.15, 0.2) is 33.9 Å². The van der Waals surface area contributed by atoms with Gasteiger partial charge in [-0.15, -0.1) is 0 Å². The molecule has 0 bridgehead atoms. The van der Waals surface area contributed by atoms with Gasteiger partial charge in [-0.3, -0.25) is 4.79 Å². The van der Waals surface area contributed by atoms with Gasteiger partial charge in [-0.05, 0) is 18.1 Å². The van der Waals surface area contributed by atoms with Crippen molar-refractivity contribution in [1.29, 1.82) is 0 Å². The van der Waals surface area contributed by atoms with Crippen molar-refractivity contribution < 1.29 is 4.84 Å². The average molecular weight is 234 g/mol. The number of H-pyrrole nitrogens is 1. The molecule has 1 aromatic heterocycles. The summed E-state index contributed by atoms with van der Waals surface area (Å²) in [4.78, 5) is 31.4. The Hall–Kier alpha value is -2.04. The molecule has 0 fully saturated rings. The molecule has 1 aromatic carbocycles. The minimum atomic E-state index is -0.547. The Morgan fingerprint density at radius 1 is 1.29 bits per heavy atom. The van der Waals surface area contributed by atoms with E-state index >= 15 is 0 Å². The zero-order valence-corrected chi connectivity index (χ0v) is 9.77. The predicted octanol–water partition coefficient (Wildman–Crippen LogP) is 0.774. The van der Waals surface area contributed by atoms with E-state index in [2.05, 4.69) is 4.98 Å². The first-order valence-corrected chi connectivity index (χ1v) is 5.47. The third-order valence-electron chi connectivity index (χ3n) is 2.30. The van der Waals surface area contributed by atoms with Crippen LogP contribution in [0.5, 0.6) is 0 Å². The summed E-state index contributed by atoms with van der Waals surface area (Å²) in [5, 5.41) is 0.441. The molecule has 5 heteroatoms.